The highest BCUT2D eigenvalue weighted by atomic mass is 16.6. The number of hydrogen-bond donors (Lipinski definition) is 0. The first-order valence-corrected chi connectivity index (χ1v) is 14.2. The van der Waals surface area contributed by atoms with Crippen LogP contribution < -0.4 is 0 Å². The number of esters is 3. The topological polar surface area (TPSA) is 122 Å². The molecule has 0 radical (unpaired) electrons. The van der Waals surface area contributed by atoms with Crippen LogP contribution in [0.25, 0.3) is 0 Å². The third-order valence-corrected chi connectivity index (χ3v) is 7.11. The van der Waals surface area contributed by atoms with E-state index in [0.717, 1.165) is 0 Å². The normalized spacial score (nSPS) is 11.0. The maximum atomic E-state index is 12.4. The summed E-state index contributed by atoms with van der Waals surface area (Å²) in [6.07, 6.45) is 3.48. The van der Waals surface area contributed by atoms with Gasteiger partial charge in [-0.05, 0) is 80.3 Å². The van der Waals surface area contributed by atoms with Crippen molar-refractivity contribution in [1.82, 2.24) is 0 Å². The van der Waals surface area contributed by atoms with Crippen LogP contribution in [0.3, 0.4) is 0 Å². The van der Waals surface area contributed by atoms with Crippen LogP contribution in [0.1, 0.15) is 76.0 Å². The molecule has 0 spiro atoms. The summed E-state index contributed by atoms with van der Waals surface area (Å²) in [4.78, 5) is 48.1. The van der Waals surface area contributed by atoms with E-state index >= 15 is 0 Å². The molecule has 3 aromatic carbocycles. The molecule has 0 heterocycles. The molecule has 0 unspecified atom stereocenters. The van der Waals surface area contributed by atoms with Gasteiger partial charge in [-0.25, -0.2) is 14.4 Å². The summed E-state index contributed by atoms with van der Waals surface area (Å²) in [6.45, 7) is 0.275. The van der Waals surface area contributed by atoms with E-state index in [-0.39, 0.29) is 31.3 Å². The van der Waals surface area contributed by atoms with Crippen molar-refractivity contribution in [2.75, 3.05) is 26.4 Å². The molecule has 9 heteroatoms. The van der Waals surface area contributed by atoms with Crippen molar-refractivity contribution in [3.05, 3.63) is 118 Å². The minimum atomic E-state index is -0.496. The minimum Gasteiger partial charge on any atom is -0.462 e. The number of carbonyl (C=O) groups excluding carboxylic acids is 3. The summed E-state index contributed by atoms with van der Waals surface area (Å²) < 4.78 is 16.3. The SMILES string of the molecule is O=C(OCCCC(CCCOC(=O)c1ccccc1)(CCCOC(=O)c1ccccc1)CC[N+](=O)[O-])c1ccccc1. The first-order valence-electron chi connectivity index (χ1n) is 14.2. The first-order chi connectivity index (χ1) is 20.4. The number of carbonyl (C=O) groups is 3. The van der Waals surface area contributed by atoms with E-state index < -0.39 is 23.3 Å². The molecule has 0 N–H and O–H groups in total. The molecule has 0 aliphatic heterocycles. The molecule has 42 heavy (non-hydrogen) atoms. The van der Waals surface area contributed by atoms with Gasteiger partial charge in [0.15, 0.2) is 0 Å². The van der Waals surface area contributed by atoms with Crippen LogP contribution in [0.15, 0.2) is 91.0 Å². The van der Waals surface area contributed by atoms with Gasteiger partial charge >= 0.3 is 17.9 Å². The molecule has 0 saturated carbocycles. The average Bonchev–Trinajstić information content (AvgIpc) is 3.03. The van der Waals surface area contributed by atoms with E-state index in [0.29, 0.717) is 61.6 Å². The Kier molecular flexibility index (Phi) is 13.2. The average molecular weight is 576 g/mol. The molecule has 0 amide bonds. The standard InChI is InChI=1S/C33H37NO8/c35-30(27-13-4-1-5-14-27)40-24-10-19-33(22-23-34(38)39,20-11-25-41-31(36)28-15-6-2-7-16-28)21-12-26-42-32(37)29-17-8-3-9-18-29/h1-9,13-18H,10-12,19-26H2. The summed E-state index contributed by atoms with van der Waals surface area (Å²) in [6, 6.07) is 26.1. The number of rotatable bonds is 18. The molecule has 3 aromatic rings. The van der Waals surface area contributed by atoms with E-state index in [1.165, 1.54) is 0 Å². The maximum Gasteiger partial charge on any atom is 0.338 e. The van der Waals surface area contributed by atoms with Crippen LogP contribution >= 0.6 is 0 Å². The van der Waals surface area contributed by atoms with Crippen LogP contribution in [-0.4, -0.2) is 49.2 Å². The minimum absolute atomic E-state index is 0.167. The fourth-order valence-electron chi connectivity index (χ4n) is 4.89. The maximum absolute atomic E-state index is 12.4. The summed E-state index contributed by atoms with van der Waals surface area (Å²) >= 11 is 0. The summed E-state index contributed by atoms with van der Waals surface area (Å²) in [5.41, 5.74) is 0.873. The molecule has 9 nitrogen and oxygen atoms in total. The number of nitrogens with zero attached hydrogens (tertiary/aromatic N) is 1. The predicted molar refractivity (Wildman–Crippen MR) is 157 cm³/mol. The van der Waals surface area contributed by atoms with E-state index in [1.54, 1.807) is 72.8 Å². The second-order valence-corrected chi connectivity index (χ2v) is 10.1. The van der Waals surface area contributed by atoms with Gasteiger partial charge < -0.3 is 14.2 Å². The van der Waals surface area contributed by atoms with Gasteiger partial charge in [-0.1, -0.05) is 54.6 Å². The number of nitro groups is 1. The molecule has 222 valence electrons. The molecule has 0 bridgehead atoms. The lowest BCUT2D eigenvalue weighted by Crippen LogP contribution is -2.27. The molecule has 0 fully saturated rings. The Labute approximate surface area is 245 Å². The molecule has 0 aliphatic carbocycles. The van der Waals surface area contributed by atoms with Crippen molar-refractivity contribution in [1.29, 1.82) is 0 Å². The van der Waals surface area contributed by atoms with Gasteiger partial charge in [0.2, 0.25) is 6.54 Å². The van der Waals surface area contributed by atoms with Crippen molar-refractivity contribution in [2.24, 2.45) is 5.41 Å². The van der Waals surface area contributed by atoms with E-state index in [2.05, 4.69) is 0 Å². The highest BCUT2D eigenvalue weighted by molar-refractivity contribution is 5.90. The quantitative estimate of drug-likeness (QED) is 0.0550. The Morgan fingerprint density at radius 2 is 0.857 bits per heavy atom. The molecule has 3 rings (SSSR count). The van der Waals surface area contributed by atoms with Crippen LogP contribution in [0.2, 0.25) is 0 Å². The Hall–Kier alpha value is -4.53. The second kappa shape index (κ2) is 17.3. The highest BCUT2D eigenvalue weighted by Crippen LogP contribution is 2.39. The highest BCUT2D eigenvalue weighted by Gasteiger charge is 2.31. The fraction of sp³-hybridized carbons (Fsp3) is 0.364. The molecule has 0 saturated heterocycles. The summed E-state index contributed by atoms with van der Waals surface area (Å²) in [7, 11) is 0. The van der Waals surface area contributed by atoms with Gasteiger partial charge in [0.05, 0.1) is 36.5 Å². The number of benzene rings is 3. The third kappa shape index (κ3) is 11.2. The molecule has 0 aliphatic rings. The van der Waals surface area contributed by atoms with Gasteiger partial charge in [-0.2, -0.15) is 0 Å². The zero-order valence-corrected chi connectivity index (χ0v) is 23.7. The molecular weight excluding hydrogens is 538 g/mol. The van der Waals surface area contributed by atoms with Crippen LogP contribution in [0.5, 0.6) is 0 Å². The van der Waals surface area contributed by atoms with Crippen molar-refractivity contribution in [2.45, 2.75) is 44.9 Å². The van der Waals surface area contributed by atoms with Gasteiger partial charge in [0.1, 0.15) is 0 Å². The van der Waals surface area contributed by atoms with Gasteiger partial charge in [-0.3, -0.25) is 10.1 Å². The largest absolute Gasteiger partial charge is 0.462 e. The first kappa shape index (κ1) is 32.0. The van der Waals surface area contributed by atoms with Crippen molar-refractivity contribution < 1.29 is 33.5 Å². The monoisotopic (exact) mass is 575 g/mol. The summed E-state index contributed by atoms with van der Waals surface area (Å²) in [5, 5.41) is 11.4. The van der Waals surface area contributed by atoms with Gasteiger partial charge in [-0.15, -0.1) is 0 Å². The zero-order valence-electron chi connectivity index (χ0n) is 23.7. The van der Waals surface area contributed by atoms with Crippen molar-refractivity contribution >= 4 is 17.9 Å². The predicted octanol–water partition coefficient (Wildman–Crippen LogP) is 6.55. The van der Waals surface area contributed by atoms with Crippen molar-refractivity contribution in [3.8, 4) is 0 Å². The Morgan fingerprint density at radius 3 is 1.14 bits per heavy atom. The van der Waals surface area contributed by atoms with E-state index in [1.807, 2.05) is 18.2 Å². The Balaban J connectivity index is 1.60. The Morgan fingerprint density at radius 1 is 0.548 bits per heavy atom. The van der Waals surface area contributed by atoms with E-state index in [9.17, 15) is 24.5 Å². The number of hydrogen-bond acceptors (Lipinski definition) is 8. The van der Waals surface area contributed by atoms with Crippen LogP contribution in [0, 0.1) is 15.5 Å². The molecule has 0 atom stereocenters. The van der Waals surface area contributed by atoms with E-state index in [4.69, 9.17) is 14.2 Å². The number of ether oxygens (including phenoxy) is 3. The molecular formula is C33H37NO8. The van der Waals surface area contributed by atoms with Crippen molar-refractivity contribution in [3.63, 3.8) is 0 Å². The smallest absolute Gasteiger partial charge is 0.338 e. The van der Waals surface area contributed by atoms with Gasteiger partial charge in [0.25, 0.3) is 0 Å². The third-order valence-electron chi connectivity index (χ3n) is 7.11. The summed E-state index contributed by atoms with van der Waals surface area (Å²) in [5.74, 6) is -1.27. The lowest BCUT2D eigenvalue weighted by atomic mass is 9.73. The zero-order chi connectivity index (χ0) is 30.0. The Bertz CT molecular complexity index is 1120. The van der Waals surface area contributed by atoms with Gasteiger partial charge in [0, 0.05) is 11.3 Å². The fourth-order valence-corrected chi connectivity index (χ4v) is 4.89. The second-order valence-electron chi connectivity index (χ2n) is 10.1. The lowest BCUT2D eigenvalue weighted by molar-refractivity contribution is -0.483. The van der Waals surface area contributed by atoms with Crippen LogP contribution in [-0.2, 0) is 14.2 Å². The lowest BCUT2D eigenvalue weighted by Gasteiger charge is -2.33. The van der Waals surface area contributed by atoms with Crippen LogP contribution in [0.4, 0.5) is 0 Å². The molecule has 0 aromatic heterocycles.